The van der Waals surface area contributed by atoms with E-state index in [1.165, 1.54) is 11.3 Å². The van der Waals surface area contributed by atoms with Gasteiger partial charge in [-0.25, -0.2) is 9.78 Å². The molecule has 0 bridgehead atoms. The van der Waals surface area contributed by atoms with Crippen LogP contribution in [0.15, 0.2) is 41.9 Å². The van der Waals surface area contributed by atoms with Crippen LogP contribution in [-0.4, -0.2) is 20.6 Å². The molecule has 0 atom stereocenters. The van der Waals surface area contributed by atoms with Crippen LogP contribution < -0.4 is 0 Å². The minimum atomic E-state index is -0.914. The summed E-state index contributed by atoms with van der Waals surface area (Å²) >= 11 is 1.53. The summed E-state index contributed by atoms with van der Waals surface area (Å²) in [5.74, 6) is -0.914. The summed E-state index contributed by atoms with van der Waals surface area (Å²) in [6.45, 7) is 0.493. The van der Waals surface area contributed by atoms with E-state index in [-0.39, 0.29) is 0 Å². The van der Waals surface area contributed by atoms with Crippen molar-refractivity contribution in [1.82, 2.24) is 9.55 Å². The maximum Gasteiger partial charge on any atom is 0.352 e. The van der Waals surface area contributed by atoms with Crippen molar-refractivity contribution in [2.75, 3.05) is 0 Å². The van der Waals surface area contributed by atoms with Gasteiger partial charge in [0, 0.05) is 22.5 Å². The van der Waals surface area contributed by atoms with Gasteiger partial charge >= 0.3 is 5.97 Å². The molecule has 0 amide bonds. The number of rotatable bonds is 3. The lowest BCUT2D eigenvalue weighted by atomic mass is 10.2. The van der Waals surface area contributed by atoms with E-state index in [4.69, 9.17) is 0 Å². The summed E-state index contributed by atoms with van der Waals surface area (Å²) in [5.41, 5.74) is 1.22. The standard InChI is InChI=1S/C13H10N2O2S/c16-13(17)11-7-9-3-1-2-4-10(9)15(11)8-12-14-5-6-18-12/h1-7H,8H2,(H,16,17). The Morgan fingerprint density at radius 1 is 1.39 bits per heavy atom. The number of aromatic carboxylic acids is 1. The summed E-state index contributed by atoms with van der Waals surface area (Å²) in [7, 11) is 0. The third-order valence-corrected chi connectivity index (χ3v) is 3.57. The van der Waals surface area contributed by atoms with Crippen LogP contribution >= 0.6 is 11.3 Å². The molecule has 5 heteroatoms. The van der Waals surface area contributed by atoms with E-state index in [0.717, 1.165) is 15.9 Å². The first kappa shape index (κ1) is 11.0. The predicted molar refractivity (Wildman–Crippen MR) is 70.1 cm³/mol. The van der Waals surface area contributed by atoms with Crippen molar-refractivity contribution in [3.63, 3.8) is 0 Å². The summed E-state index contributed by atoms with van der Waals surface area (Å²) in [6.07, 6.45) is 1.73. The Bertz CT molecular complexity index is 701. The summed E-state index contributed by atoms with van der Waals surface area (Å²) in [4.78, 5) is 15.5. The van der Waals surface area contributed by atoms with Gasteiger partial charge in [0.2, 0.25) is 0 Å². The van der Waals surface area contributed by atoms with Crippen molar-refractivity contribution in [3.8, 4) is 0 Å². The Balaban J connectivity index is 2.18. The first-order valence-corrected chi connectivity index (χ1v) is 6.33. The van der Waals surface area contributed by atoms with E-state index in [9.17, 15) is 9.90 Å². The number of hydrogen-bond donors (Lipinski definition) is 1. The number of nitrogens with zero attached hydrogens (tertiary/aromatic N) is 2. The molecule has 4 nitrogen and oxygen atoms in total. The van der Waals surface area contributed by atoms with Gasteiger partial charge in [-0.1, -0.05) is 18.2 Å². The highest BCUT2D eigenvalue weighted by Gasteiger charge is 2.14. The normalized spacial score (nSPS) is 10.9. The number of thiazole rings is 1. The van der Waals surface area contributed by atoms with Crippen molar-refractivity contribution >= 4 is 28.2 Å². The Morgan fingerprint density at radius 2 is 2.22 bits per heavy atom. The maximum atomic E-state index is 11.3. The van der Waals surface area contributed by atoms with Gasteiger partial charge in [0.1, 0.15) is 10.7 Å². The van der Waals surface area contributed by atoms with E-state index in [2.05, 4.69) is 4.98 Å². The fourth-order valence-corrected chi connectivity index (χ4v) is 2.63. The van der Waals surface area contributed by atoms with Gasteiger partial charge in [0.15, 0.2) is 0 Å². The Kier molecular flexibility index (Phi) is 2.60. The molecule has 0 saturated carbocycles. The number of hydrogen-bond acceptors (Lipinski definition) is 3. The second kappa shape index (κ2) is 4.27. The smallest absolute Gasteiger partial charge is 0.352 e. The van der Waals surface area contributed by atoms with E-state index in [1.807, 2.05) is 29.6 Å². The molecule has 1 aromatic carbocycles. The van der Waals surface area contributed by atoms with Crippen molar-refractivity contribution in [2.45, 2.75) is 6.54 Å². The molecule has 3 rings (SSSR count). The van der Waals surface area contributed by atoms with Crippen molar-refractivity contribution in [2.24, 2.45) is 0 Å². The molecule has 2 aromatic heterocycles. The molecule has 90 valence electrons. The summed E-state index contributed by atoms with van der Waals surface area (Å²) < 4.78 is 1.79. The third-order valence-electron chi connectivity index (χ3n) is 2.81. The molecule has 0 radical (unpaired) electrons. The number of benzene rings is 1. The Morgan fingerprint density at radius 3 is 2.94 bits per heavy atom. The Labute approximate surface area is 107 Å². The molecule has 0 unspecified atom stereocenters. The lowest BCUT2D eigenvalue weighted by molar-refractivity contribution is 0.0686. The predicted octanol–water partition coefficient (Wildman–Crippen LogP) is 2.84. The molecule has 0 aliphatic rings. The van der Waals surface area contributed by atoms with Crippen LogP contribution in [0.5, 0.6) is 0 Å². The first-order chi connectivity index (χ1) is 8.75. The molecule has 0 aliphatic carbocycles. The summed E-state index contributed by atoms with van der Waals surface area (Å²) in [5, 5.41) is 13.0. The van der Waals surface area contributed by atoms with Gasteiger partial charge in [-0.05, 0) is 12.1 Å². The van der Waals surface area contributed by atoms with Crippen LogP contribution in [0.2, 0.25) is 0 Å². The van der Waals surface area contributed by atoms with Gasteiger partial charge < -0.3 is 9.67 Å². The van der Waals surface area contributed by atoms with Crippen LogP contribution in [0.25, 0.3) is 10.9 Å². The first-order valence-electron chi connectivity index (χ1n) is 5.45. The molecule has 0 fully saturated rings. The Hall–Kier alpha value is -2.14. The minimum absolute atomic E-state index is 0.298. The van der Waals surface area contributed by atoms with Crippen molar-refractivity contribution in [1.29, 1.82) is 0 Å². The zero-order chi connectivity index (χ0) is 12.5. The molecular formula is C13H10N2O2S. The SMILES string of the molecule is O=C(O)c1cc2ccccc2n1Cc1nccs1. The topological polar surface area (TPSA) is 55.1 Å². The number of fused-ring (bicyclic) bond motifs is 1. The van der Waals surface area contributed by atoms with E-state index < -0.39 is 5.97 Å². The van der Waals surface area contributed by atoms with Gasteiger partial charge in [-0.2, -0.15) is 0 Å². The highest BCUT2D eigenvalue weighted by Crippen LogP contribution is 2.21. The third kappa shape index (κ3) is 1.78. The second-order valence-corrected chi connectivity index (χ2v) is 4.88. The zero-order valence-corrected chi connectivity index (χ0v) is 10.2. The fraction of sp³-hybridized carbons (Fsp3) is 0.0769. The molecule has 18 heavy (non-hydrogen) atoms. The largest absolute Gasteiger partial charge is 0.477 e. The van der Waals surface area contributed by atoms with Crippen LogP contribution in [-0.2, 0) is 6.54 Å². The van der Waals surface area contributed by atoms with Gasteiger partial charge in [0.05, 0.1) is 6.54 Å². The average molecular weight is 258 g/mol. The summed E-state index contributed by atoms with van der Waals surface area (Å²) in [6, 6.07) is 9.36. The van der Waals surface area contributed by atoms with Crippen LogP contribution in [0.3, 0.4) is 0 Å². The van der Waals surface area contributed by atoms with E-state index in [1.54, 1.807) is 16.8 Å². The number of carbonyl (C=O) groups is 1. The number of para-hydroxylation sites is 1. The fourth-order valence-electron chi connectivity index (χ4n) is 2.02. The molecule has 3 aromatic rings. The monoisotopic (exact) mass is 258 g/mol. The van der Waals surface area contributed by atoms with Crippen molar-refractivity contribution in [3.05, 3.63) is 52.6 Å². The van der Waals surface area contributed by atoms with Crippen LogP contribution in [0, 0.1) is 0 Å². The molecule has 2 heterocycles. The highest BCUT2D eigenvalue weighted by atomic mass is 32.1. The quantitative estimate of drug-likeness (QED) is 0.786. The lowest BCUT2D eigenvalue weighted by Crippen LogP contribution is -2.09. The molecule has 0 saturated heterocycles. The van der Waals surface area contributed by atoms with Crippen LogP contribution in [0.1, 0.15) is 15.5 Å². The molecule has 0 aliphatic heterocycles. The molecule has 1 N–H and O–H groups in total. The maximum absolute atomic E-state index is 11.3. The minimum Gasteiger partial charge on any atom is -0.477 e. The van der Waals surface area contributed by atoms with Gasteiger partial charge in [-0.3, -0.25) is 0 Å². The van der Waals surface area contributed by atoms with E-state index in [0.29, 0.717) is 12.2 Å². The molecular weight excluding hydrogens is 248 g/mol. The average Bonchev–Trinajstić information content (AvgIpc) is 2.98. The zero-order valence-electron chi connectivity index (χ0n) is 9.41. The highest BCUT2D eigenvalue weighted by molar-refractivity contribution is 7.09. The van der Waals surface area contributed by atoms with Crippen molar-refractivity contribution < 1.29 is 9.90 Å². The van der Waals surface area contributed by atoms with E-state index >= 15 is 0 Å². The van der Waals surface area contributed by atoms with Gasteiger partial charge in [-0.15, -0.1) is 11.3 Å². The number of aromatic nitrogens is 2. The second-order valence-electron chi connectivity index (χ2n) is 3.91. The number of carboxylic acids is 1. The van der Waals surface area contributed by atoms with Crippen LogP contribution in [0.4, 0.5) is 0 Å². The number of carboxylic acid groups (broad SMARTS) is 1. The lowest BCUT2D eigenvalue weighted by Gasteiger charge is -2.05. The molecule has 0 spiro atoms. The van der Waals surface area contributed by atoms with Gasteiger partial charge in [0.25, 0.3) is 0 Å².